The molecule has 2 aromatic rings. The van der Waals surface area contributed by atoms with Crippen LogP contribution in [0.1, 0.15) is 30.3 Å². The highest BCUT2D eigenvalue weighted by Gasteiger charge is 2.14. The van der Waals surface area contributed by atoms with Gasteiger partial charge in [-0.25, -0.2) is 0 Å². The topological polar surface area (TPSA) is 26.0 Å². The maximum Gasteiger partial charge on any atom is 0.0413 e. The molecule has 96 valence electrons. The van der Waals surface area contributed by atoms with Crippen molar-refractivity contribution in [2.75, 3.05) is 0 Å². The summed E-state index contributed by atoms with van der Waals surface area (Å²) in [5, 5.41) is 0. The van der Waals surface area contributed by atoms with E-state index in [4.69, 9.17) is 5.73 Å². The second-order valence-corrected chi connectivity index (χ2v) is 6.82. The largest absolute Gasteiger partial charge is 0.323 e. The van der Waals surface area contributed by atoms with Gasteiger partial charge in [-0.15, -0.1) is 11.3 Å². The molecule has 0 aliphatic rings. The Balaban J connectivity index is 2.38. The zero-order valence-corrected chi connectivity index (χ0v) is 13.3. The fourth-order valence-corrected chi connectivity index (χ4v) is 3.67. The van der Waals surface area contributed by atoms with Crippen molar-refractivity contribution in [2.45, 2.75) is 26.8 Å². The lowest BCUT2D eigenvalue weighted by Gasteiger charge is -2.13. The van der Waals surface area contributed by atoms with Gasteiger partial charge in [0, 0.05) is 25.8 Å². The van der Waals surface area contributed by atoms with Crippen molar-refractivity contribution in [3.05, 3.63) is 45.2 Å². The van der Waals surface area contributed by atoms with Crippen LogP contribution in [0.3, 0.4) is 0 Å². The Morgan fingerprint density at radius 1 is 1.17 bits per heavy atom. The molecule has 1 atom stereocenters. The first-order valence-electron chi connectivity index (χ1n) is 6.11. The lowest BCUT2D eigenvalue weighted by Crippen LogP contribution is -2.14. The monoisotopic (exact) mass is 323 g/mol. The van der Waals surface area contributed by atoms with E-state index in [0.717, 1.165) is 0 Å². The summed E-state index contributed by atoms with van der Waals surface area (Å²) in [4.78, 5) is 2.53. The van der Waals surface area contributed by atoms with E-state index in [1.807, 2.05) is 0 Å². The number of hydrogen-bond acceptors (Lipinski definition) is 2. The molecule has 1 unspecified atom stereocenters. The molecule has 1 aromatic heterocycles. The van der Waals surface area contributed by atoms with Crippen LogP contribution < -0.4 is 5.73 Å². The van der Waals surface area contributed by atoms with Gasteiger partial charge in [0.1, 0.15) is 0 Å². The van der Waals surface area contributed by atoms with Gasteiger partial charge < -0.3 is 5.73 Å². The molecule has 3 heteroatoms. The van der Waals surface area contributed by atoms with Crippen LogP contribution in [0.25, 0.3) is 10.4 Å². The lowest BCUT2D eigenvalue weighted by molar-refractivity contribution is 0.521. The van der Waals surface area contributed by atoms with Crippen LogP contribution >= 0.6 is 27.3 Å². The first-order chi connectivity index (χ1) is 8.50. The van der Waals surface area contributed by atoms with Gasteiger partial charge in [0.2, 0.25) is 0 Å². The summed E-state index contributed by atoms with van der Waals surface area (Å²) in [7, 11) is 0. The van der Waals surface area contributed by atoms with E-state index in [2.05, 4.69) is 67.0 Å². The molecule has 0 bridgehead atoms. The third kappa shape index (κ3) is 2.68. The molecule has 0 aliphatic heterocycles. The number of nitrogens with two attached hydrogens (primary N) is 1. The van der Waals surface area contributed by atoms with Gasteiger partial charge in [0.25, 0.3) is 0 Å². The van der Waals surface area contributed by atoms with E-state index in [1.165, 1.54) is 25.4 Å². The van der Waals surface area contributed by atoms with Crippen molar-refractivity contribution < 1.29 is 0 Å². The standard InChI is InChI=1S/C15H18BrNS/c1-9(2)15(17)13-8-7-12(18-13)11-6-4-5-10(3)14(11)16/h4-9,15H,17H2,1-3H3. The summed E-state index contributed by atoms with van der Waals surface area (Å²) >= 11 is 5.46. The Morgan fingerprint density at radius 3 is 2.56 bits per heavy atom. The molecule has 0 radical (unpaired) electrons. The van der Waals surface area contributed by atoms with Gasteiger partial charge >= 0.3 is 0 Å². The molecule has 1 nitrogen and oxygen atoms in total. The van der Waals surface area contributed by atoms with Gasteiger partial charge in [0.05, 0.1) is 0 Å². The normalized spacial score (nSPS) is 13.0. The van der Waals surface area contributed by atoms with Gasteiger partial charge in [-0.3, -0.25) is 0 Å². The molecule has 0 fully saturated rings. The first-order valence-corrected chi connectivity index (χ1v) is 7.72. The molecule has 18 heavy (non-hydrogen) atoms. The Kier molecular flexibility index (Phi) is 4.25. The average molecular weight is 324 g/mol. The molecule has 0 spiro atoms. The minimum Gasteiger partial charge on any atom is -0.323 e. The fraction of sp³-hybridized carbons (Fsp3) is 0.333. The van der Waals surface area contributed by atoms with Gasteiger partial charge in [0.15, 0.2) is 0 Å². The van der Waals surface area contributed by atoms with Crippen molar-refractivity contribution in [1.29, 1.82) is 0 Å². The van der Waals surface area contributed by atoms with Crippen molar-refractivity contribution >= 4 is 27.3 Å². The van der Waals surface area contributed by atoms with Crippen LogP contribution in [0.4, 0.5) is 0 Å². The molecular formula is C15H18BrNS. The summed E-state index contributed by atoms with van der Waals surface area (Å²) in [6, 6.07) is 10.8. The van der Waals surface area contributed by atoms with Gasteiger partial charge in [-0.05, 0) is 46.5 Å². The highest BCUT2D eigenvalue weighted by Crippen LogP contribution is 2.37. The molecule has 0 saturated carbocycles. The zero-order chi connectivity index (χ0) is 13.3. The van der Waals surface area contributed by atoms with E-state index >= 15 is 0 Å². The average Bonchev–Trinajstić information content (AvgIpc) is 2.80. The maximum absolute atomic E-state index is 6.20. The predicted molar refractivity (Wildman–Crippen MR) is 84.0 cm³/mol. The minimum absolute atomic E-state index is 0.132. The van der Waals surface area contributed by atoms with Crippen LogP contribution in [-0.4, -0.2) is 0 Å². The number of thiophene rings is 1. The summed E-state index contributed by atoms with van der Waals surface area (Å²) < 4.78 is 1.18. The molecule has 0 aliphatic carbocycles. The van der Waals surface area contributed by atoms with Crippen molar-refractivity contribution in [3.63, 3.8) is 0 Å². The second-order valence-electron chi connectivity index (χ2n) is 4.91. The smallest absolute Gasteiger partial charge is 0.0413 e. The first kappa shape index (κ1) is 13.8. The number of rotatable bonds is 3. The van der Waals surface area contributed by atoms with Crippen LogP contribution in [0.2, 0.25) is 0 Å². The van der Waals surface area contributed by atoms with Crippen LogP contribution in [0, 0.1) is 12.8 Å². The lowest BCUT2D eigenvalue weighted by atomic mass is 10.0. The highest BCUT2D eigenvalue weighted by atomic mass is 79.9. The SMILES string of the molecule is Cc1cccc(-c2ccc(C(N)C(C)C)s2)c1Br. The third-order valence-electron chi connectivity index (χ3n) is 3.13. The molecule has 1 aromatic carbocycles. The van der Waals surface area contributed by atoms with Gasteiger partial charge in [-0.2, -0.15) is 0 Å². The summed E-state index contributed by atoms with van der Waals surface area (Å²) in [6.45, 7) is 6.43. The Hall–Kier alpha value is -0.640. The van der Waals surface area contributed by atoms with E-state index in [0.29, 0.717) is 5.92 Å². The highest BCUT2D eigenvalue weighted by molar-refractivity contribution is 9.10. The zero-order valence-electron chi connectivity index (χ0n) is 10.9. The maximum atomic E-state index is 6.20. The summed E-state index contributed by atoms with van der Waals surface area (Å²) in [6.07, 6.45) is 0. The molecule has 2 rings (SSSR count). The van der Waals surface area contributed by atoms with Crippen molar-refractivity contribution in [2.24, 2.45) is 11.7 Å². The van der Waals surface area contributed by atoms with Gasteiger partial charge in [-0.1, -0.05) is 32.0 Å². The Morgan fingerprint density at radius 2 is 1.89 bits per heavy atom. The number of aryl methyl sites for hydroxylation is 1. The predicted octanol–water partition coefficient (Wildman–Crippen LogP) is 5.14. The number of hydrogen-bond donors (Lipinski definition) is 1. The second kappa shape index (κ2) is 5.55. The van der Waals surface area contributed by atoms with E-state index < -0.39 is 0 Å². The molecule has 0 amide bonds. The van der Waals surface area contributed by atoms with Crippen molar-refractivity contribution in [1.82, 2.24) is 0 Å². The van der Waals surface area contributed by atoms with Crippen molar-refractivity contribution in [3.8, 4) is 10.4 Å². The van der Waals surface area contributed by atoms with Crippen LogP contribution in [0.5, 0.6) is 0 Å². The fourth-order valence-electron chi connectivity index (χ4n) is 1.84. The van der Waals surface area contributed by atoms with E-state index in [9.17, 15) is 0 Å². The summed E-state index contributed by atoms with van der Waals surface area (Å²) in [5.41, 5.74) is 8.71. The molecule has 2 N–H and O–H groups in total. The van der Waals surface area contributed by atoms with E-state index in [-0.39, 0.29) is 6.04 Å². The third-order valence-corrected chi connectivity index (χ3v) is 5.40. The quantitative estimate of drug-likeness (QED) is 0.831. The molecule has 0 saturated heterocycles. The Labute approximate surface area is 121 Å². The van der Waals surface area contributed by atoms with Crippen LogP contribution in [-0.2, 0) is 0 Å². The molecular weight excluding hydrogens is 306 g/mol. The summed E-state index contributed by atoms with van der Waals surface area (Å²) in [5.74, 6) is 0.470. The Bertz CT molecular complexity index is 545. The van der Waals surface area contributed by atoms with E-state index in [1.54, 1.807) is 11.3 Å². The number of halogens is 1. The minimum atomic E-state index is 0.132. The molecule has 1 heterocycles. The number of benzene rings is 1. The van der Waals surface area contributed by atoms with Crippen LogP contribution in [0.15, 0.2) is 34.8 Å².